The third-order valence-corrected chi connectivity index (χ3v) is 6.31. The topological polar surface area (TPSA) is 78.8 Å². The number of hydrazone groups is 1. The van der Waals surface area contributed by atoms with Crippen LogP contribution < -0.4 is 9.73 Å². The number of carbonyl (C=O) groups is 1. The van der Waals surface area contributed by atoms with Crippen LogP contribution in [0.15, 0.2) is 71.8 Å². The minimum absolute atomic E-state index is 0.0916. The van der Waals surface area contributed by atoms with Gasteiger partial charge in [-0.1, -0.05) is 59.1 Å². The second kappa shape index (κ2) is 10.4. The molecule has 0 heterocycles. The Balaban J connectivity index is 1.69. The van der Waals surface area contributed by atoms with Gasteiger partial charge in [0.05, 0.1) is 29.7 Å². The van der Waals surface area contributed by atoms with Crippen molar-refractivity contribution in [2.75, 3.05) is 10.6 Å². The second-order valence-corrected chi connectivity index (χ2v) is 10.00. The van der Waals surface area contributed by atoms with Crippen molar-refractivity contribution in [2.24, 2.45) is 5.10 Å². The predicted octanol–water partition coefficient (Wildman–Crippen LogP) is 5.38. The lowest BCUT2D eigenvalue weighted by Gasteiger charge is -2.22. The highest BCUT2D eigenvalue weighted by atomic mass is 35.5. The molecule has 0 saturated heterocycles. The fourth-order valence-electron chi connectivity index (χ4n) is 2.79. The first kappa shape index (κ1) is 24.1. The van der Waals surface area contributed by atoms with Gasteiger partial charge in [0.25, 0.3) is 5.91 Å². The smallest absolute Gasteiger partial charge is 0.267 e. The maximum absolute atomic E-state index is 12.3. The van der Waals surface area contributed by atoms with Crippen molar-refractivity contribution < 1.29 is 13.2 Å². The quantitative estimate of drug-likeness (QED) is 0.342. The van der Waals surface area contributed by atoms with Gasteiger partial charge in [0, 0.05) is 21.2 Å². The van der Waals surface area contributed by atoms with Crippen molar-refractivity contribution in [1.82, 2.24) is 5.43 Å². The van der Waals surface area contributed by atoms with E-state index in [1.54, 1.807) is 66.7 Å². The molecule has 0 aliphatic carbocycles. The van der Waals surface area contributed by atoms with Crippen molar-refractivity contribution in [2.45, 2.75) is 6.54 Å². The standard InChI is InChI=1S/C22H18Cl3N3O3S/c1-32(30,31)28(20-4-2-3-18(23)11-20)14-15-5-7-16(8-6-15)22(29)27-26-13-17-9-10-19(24)12-21(17)25/h2-13H,14H2,1H3,(H,27,29). The minimum atomic E-state index is -3.55. The molecule has 3 rings (SSSR count). The lowest BCUT2D eigenvalue weighted by molar-refractivity contribution is 0.0955. The number of hydrogen-bond donors (Lipinski definition) is 1. The fraction of sp³-hybridized carbons (Fsp3) is 0.0909. The normalized spacial score (nSPS) is 11.5. The number of nitrogens with one attached hydrogen (secondary N) is 1. The largest absolute Gasteiger partial charge is 0.271 e. The Morgan fingerprint density at radius 3 is 2.31 bits per heavy atom. The molecular weight excluding hydrogens is 493 g/mol. The van der Waals surface area contributed by atoms with Crippen molar-refractivity contribution in [1.29, 1.82) is 0 Å². The Morgan fingerprint density at radius 1 is 1.00 bits per heavy atom. The number of hydrogen-bond acceptors (Lipinski definition) is 4. The molecule has 0 atom stereocenters. The van der Waals surface area contributed by atoms with Crippen LogP contribution in [0.1, 0.15) is 21.5 Å². The SMILES string of the molecule is CS(=O)(=O)N(Cc1ccc(C(=O)NN=Cc2ccc(Cl)cc2Cl)cc1)c1cccc(Cl)c1. The molecule has 6 nitrogen and oxygen atoms in total. The first-order chi connectivity index (χ1) is 15.1. The molecule has 0 radical (unpaired) electrons. The molecule has 3 aromatic rings. The van der Waals surface area contributed by atoms with Crippen LogP contribution in [0.5, 0.6) is 0 Å². The third-order valence-electron chi connectivity index (χ3n) is 4.37. The van der Waals surface area contributed by atoms with Gasteiger partial charge in [0.1, 0.15) is 0 Å². The zero-order valence-corrected chi connectivity index (χ0v) is 19.9. The van der Waals surface area contributed by atoms with E-state index in [9.17, 15) is 13.2 Å². The van der Waals surface area contributed by atoms with Gasteiger partial charge >= 0.3 is 0 Å². The molecule has 0 saturated carbocycles. The molecule has 0 fully saturated rings. The summed E-state index contributed by atoms with van der Waals surface area (Å²) >= 11 is 17.9. The van der Waals surface area contributed by atoms with E-state index in [2.05, 4.69) is 10.5 Å². The van der Waals surface area contributed by atoms with Gasteiger partial charge in [0.15, 0.2) is 0 Å². The maximum atomic E-state index is 12.3. The summed E-state index contributed by atoms with van der Waals surface area (Å²) in [4.78, 5) is 12.3. The molecule has 1 amide bonds. The summed E-state index contributed by atoms with van der Waals surface area (Å²) in [5, 5.41) is 5.25. The number of carbonyl (C=O) groups excluding carboxylic acids is 1. The summed E-state index contributed by atoms with van der Waals surface area (Å²) in [7, 11) is -3.55. The first-order valence-electron chi connectivity index (χ1n) is 9.24. The van der Waals surface area contributed by atoms with Crippen molar-refractivity contribution >= 4 is 62.6 Å². The molecule has 1 N–H and O–H groups in total. The van der Waals surface area contributed by atoms with E-state index >= 15 is 0 Å². The van der Waals surface area contributed by atoms with Gasteiger partial charge in [-0.3, -0.25) is 9.10 Å². The van der Waals surface area contributed by atoms with Crippen LogP contribution in [0.2, 0.25) is 15.1 Å². The molecule has 10 heteroatoms. The molecule has 0 unspecified atom stereocenters. The van der Waals surface area contributed by atoms with Crippen LogP contribution in [0, 0.1) is 0 Å². The van der Waals surface area contributed by atoms with Crippen LogP contribution in [0.25, 0.3) is 0 Å². The zero-order valence-electron chi connectivity index (χ0n) is 16.8. The molecule has 0 spiro atoms. The van der Waals surface area contributed by atoms with E-state index < -0.39 is 15.9 Å². The number of anilines is 1. The van der Waals surface area contributed by atoms with E-state index in [1.165, 1.54) is 10.5 Å². The molecule has 0 aliphatic heterocycles. The van der Waals surface area contributed by atoms with Crippen LogP contribution in [-0.4, -0.2) is 26.8 Å². The number of benzene rings is 3. The van der Waals surface area contributed by atoms with E-state index in [1.807, 2.05) is 0 Å². The summed E-state index contributed by atoms with van der Waals surface area (Å²) < 4.78 is 25.8. The molecular formula is C22H18Cl3N3O3S. The zero-order chi connectivity index (χ0) is 23.3. The summed E-state index contributed by atoms with van der Waals surface area (Å²) in [6.45, 7) is 0.0916. The van der Waals surface area contributed by atoms with E-state index in [4.69, 9.17) is 34.8 Å². The Hall–Kier alpha value is -2.58. The van der Waals surface area contributed by atoms with Gasteiger partial charge in [-0.05, 0) is 48.0 Å². The maximum Gasteiger partial charge on any atom is 0.271 e. The lowest BCUT2D eigenvalue weighted by Crippen LogP contribution is -2.29. The Morgan fingerprint density at radius 2 is 1.69 bits per heavy atom. The Labute approximate surface area is 201 Å². The van der Waals surface area contributed by atoms with Crippen molar-refractivity contribution in [3.8, 4) is 0 Å². The summed E-state index contributed by atoms with van der Waals surface area (Å²) in [6.07, 6.45) is 2.54. The molecule has 32 heavy (non-hydrogen) atoms. The molecule has 166 valence electrons. The van der Waals surface area contributed by atoms with Gasteiger partial charge in [-0.2, -0.15) is 5.10 Å². The predicted molar refractivity (Wildman–Crippen MR) is 130 cm³/mol. The van der Waals surface area contributed by atoms with Crippen LogP contribution in [0.4, 0.5) is 5.69 Å². The molecule has 0 bridgehead atoms. The van der Waals surface area contributed by atoms with Crippen molar-refractivity contribution in [3.05, 3.63) is 98.5 Å². The third kappa shape index (κ3) is 6.46. The molecule has 3 aromatic carbocycles. The number of halogens is 3. The Kier molecular flexibility index (Phi) is 7.79. The van der Waals surface area contributed by atoms with Crippen LogP contribution in [0.3, 0.4) is 0 Å². The minimum Gasteiger partial charge on any atom is -0.267 e. The lowest BCUT2D eigenvalue weighted by atomic mass is 10.1. The van der Waals surface area contributed by atoms with Crippen LogP contribution in [-0.2, 0) is 16.6 Å². The number of amides is 1. The second-order valence-electron chi connectivity index (χ2n) is 6.81. The molecule has 0 aromatic heterocycles. The van der Waals surface area contributed by atoms with Gasteiger partial charge in [-0.25, -0.2) is 13.8 Å². The number of sulfonamides is 1. The van der Waals surface area contributed by atoms with E-state index in [0.29, 0.717) is 37.4 Å². The van der Waals surface area contributed by atoms with Gasteiger partial charge in [0.2, 0.25) is 10.0 Å². The highest BCUT2D eigenvalue weighted by Crippen LogP contribution is 2.24. The Bertz CT molecular complexity index is 1260. The average molecular weight is 511 g/mol. The van der Waals surface area contributed by atoms with E-state index in [0.717, 1.165) is 6.26 Å². The number of nitrogens with zero attached hydrogens (tertiary/aromatic N) is 2. The van der Waals surface area contributed by atoms with E-state index in [-0.39, 0.29) is 6.54 Å². The van der Waals surface area contributed by atoms with Crippen molar-refractivity contribution in [3.63, 3.8) is 0 Å². The van der Waals surface area contributed by atoms with Gasteiger partial charge < -0.3 is 0 Å². The number of rotatable bonds is 7. The monoisotopic (exact) mass is 509 g/mol. The van der Waals surface area contributed by atoms with Crippen LogP contribution >= 0.6 is 34.8 Å². The fourth-order valence-corrected chi connectivity index (χ4v) is 4.31. The molecule has 0 aliphatic rings. The van der Waals surface area contributed by atoms with Gasteiger partial charge in [-0.15, -0.1) is 0 Å². The highest BCUT2D eigenvalue weighted by molar-refractivity contribution is 7.92. The summed E-state index contributed by atoms with van der Waals surface area (Å²) in [5.74, 6) is -0.423. The highest BCUT2D eigenvalue weighted by Gasteiger charge is 2.18. The summed E-state index contributed by atoms with van der Waals surface area (Å²) in [6, 6.07) is 18.1. The average Bonchev–Trinajstić information content (AvgIpc) is 2.73. The first-order valence-corrected chi connectivity index (χ1v) is 12.2. The summed E-state index contributed by atoms with van der Waals surface area (Å²) in [5.41, 5.74) is 4.54.